The van der Waals surface area contributed by atoms with Crippen LogP contribution in [0.4, 0.5) is 4.39 Å². The van der Waals surface area contributed by atoms with E-state index in [-0.39, 0.29) is 6.42 Å². The van der Waals surface area contributed by atoms with Gasteiger partial charge in [-0.1, -0.05) is 86.6 Å². The third-order valence-corrected chi connectivity index (χ3v) is 9.71. The lowest BCUT2D eigenvalue weighted by molar-refractivity contribution is -0.0379. The summed E-state index contributed by atoms with van der Waals surface area (Å²) in [6, 6.07) is 19.6. The molecule has 0 saturated heterocycles. The largest absolute Gasteiger partial charge is 0.399 e. The molecule has 0 aliphatic rings. The Morgan fingerprint density at radius 2 is 1.50 bits per heavy atom. The second kappa shape index (κ2) is 8.98. The molecule has 0 amide bonds. The summed E-state index contributed by atoms with van der Waals surface area (Å²) in [6.07, 6.45) is -0.143. The molecule has 2 unspecified atom stereocenters. The summed E-state index contributed by atoms with van der Waals surface area (Å²) < 4.78 is 22.5. The van der Waals surface area contributed by atoms with Gasteiger partial charge in [-0.05, 0) is 22.3 Å². The van der Waals surface area contributed by atoms with E-state index in [2.05, 4.69) is 25.9 Å². The third-order valence-electron chi connectivity index (χ3n) is 4.66. The SMILES string of the molecule is CON=CC(F)(CC(C)O)O[Si](c1ccccc1)(c1ccccc1)C(C)(C)C. The number of hydrogen-bond donors (Lipinski definition) is 1. The number of aliphatic hydroxyl groups is 1. The van der Waals surface area contributed by atoms with Crippen molar-refractivity contribution in [2.45, 2.75) is 51.1 Å². The van der Waals surface area contributed by atoms with Crippen LogP contribution in [0, 0.1) is 0 Å². The molecular weight excluding hydrogens is 373 g/mol. The van der Waals surface area contributed by atoms with Crippen LogP contribution in [-0.4, -0.2) is 38.7 Å². The molecule has 6 heteroatoms. The van der Waals surface area contributed by atoms with Crippen molar-refractivity contribution in [1.82, 2.24) is 0 Å². The van der Waals surface area contributed by atoms with E-state index >= 15 is 4.39 Å². The van der Waals surface area contributed by atoms with E-state index in [4.69, 9.17) is 9.26 Å². The Bertz CT molecular complexity index is 723. The van der Waals surface area contributed by atoms with E-state index in [1.165, 1.54) is 14.0 Å². The Balaban J connectivity index is 2.74. The van der Waals surface area contributed by atoms with Crippen molar-refractivity contribution in [3.63, 3.8) is 0 Å². The highest BCUT2D eigenvalue weighted by molar-refractivity contribution is 6.99. The molecule has 2 rings (SSSR count). The number of rotatable bonds is 8. The lowest BCUT2D eigenvalue weighted by Gasteiger charge is -2.46. The van der Waals surface area contributed by atoms with Crippen LogP contribution >= 0.6 is 0 Å². The highest BCUT2D eigenvalue weighted by Crippen LogP contribution is 2.40. The van der Waals surface area contributed by atoms with E-state index in [0.29, 0.717) is 0 Å². The molecule has 0 saturated carbocycles. The van der Waals surface area contributed by atoms with Crippen molar-refractivity contribution in [2.24, 2.45) is 5.16 Å². The van der Waals surface area contributed by atoms with Crippen molar-refractivity contribution in [3.8, 4) is 0 Å². The molecule has 28 heavy (non-hydrogen) atoms. The Morgan fingerprint density at radius 3 is 1.86 bits per heavy atom. The van der Waals surface area contributed by atoms with Gasteiger partial charge in [0.15, 0.2) is 0 Å². The van der Waals surface area contributed by atoms with E-state index in [9.17, 15) is 5.11 Å². The first-order valence-corrected chi connectivity index (χ1v) is 11.3. The van der Waals surface area contributed by atoms with Crippen molar-refractivity contribution >= 4 is 24.9 Å². The molecule has 0 heterocycles. The van der Waals surface area contributed by atoms with E-state index in [1.807, 2.05) is 60.7 Å². The fourth-order valence-corrected chi connectivity index (χ4v) is 8.13. The summed E-state index contributed by atoms with van der Waals surface area (Å²) in [5.74, 6) is -2.28. The standard InChI is InChI=1S/C22H30FNO3Si/c1-18(25)16-22(23,17-24-26-5)27-28(21(2,3)4,19-12-8-6-9-13-19)20-14-10-7-11-15-20/h6-15,17-18,25H,16H2,1-5H3. The molecule has 0 spiro atoms. The Morgan fingerprint density at radius 1 is 1.04 bits per heavy atom. The highest BCUT2D eigenvalue weighted by atomic mass is 28.4. The Kier molecular flexibility index (Phi) is 7.15. The van der Waals surface area contributed by atoms with Crippen LogP contribution in [-0.2, 0) is 9.26 Å². The highest BCUT2D eigenvalue weighted by Gasteiger charge is 2.55. The van der Waals surface area contributed by atoms with E-state index in [1.54, 1.807) is 0 Å². The van der Waals surface area contributed by atoms with E-state index in [0.717, 1.165) is 16.6 Å². The van der Waals surface area contributed by atoms with Gasteiger partial charge < -0.3 is 14.4 Å². The zero-order valence-corrected chi connectivity index (χ0v) is 18.2. The summed E-state index contributed by atoms with van der Waals surface area (Å²) in [6.45, 7) is 7.73. The molecule has 0 fully saturated rings. The molecule has 2 atom stereocenters. The zero-order chi connectivity index (χ0) is 20.8. The Hall–Kier alpha value is -2.02. The van der Waals surface area contributed by atoms with Gasteiger partial charge in [-0.25, -0.2) is 4.39 Å². The fraction of sp³-hybridized carbons (Fsp3) is 0.409. The van der Waals surface area contributed by atoms with E-state index < -0.39 is 25.3 Å². The van der Waals surface area contributed by atoms with Crippen LogP contribution in [0.25, 0.3) is 0 Å². The van der Waals surface area contributed by atoms with Gasteiger partial charge in [0.2, 0.25) is 5.85 Å². The molecule has 1 N–H and O–H groups in total. The lowest BCUT2D eigenvalue weighted by Crippen LogP contribution is -2.69. The maximum absolute atomic E-state index is 16.0. The molecule has 0 aromatic heterocycles. The number of alkyl halides is 1. The van der Waals surface area contributed by atoms with Gasteiger partial charge in [0, 0.05) is 6.42 Å². The first kappa shape index (κ1) is 22.3. The van der Waals surface area contributed by atoms with Crippen molar-refractivity contribution in [1.29, 1.82) is 0 Å². The summed E-state index contributed by atoms with van der Waals surface area (Å²) >= 11 is 0. The van der Waals surface area contributed by atoms with Crippen molar-refractivity contribution < 1.29 is 18.8 Å². The number of oxime groups is 1. The number of nitrogens with zero attached hydrogens (tertiary/aromatic N) is 1. The Labute approximate surface area is 168 Å². The smallest absolute Gasteiger partial charge is 0.265 e. The van der Waals surface area contributed by atoms with Crippen molar-refractivity contribution in [2.75, 3.05) is 7.11 Å². The minimum atomic E-state index is -3.13. The third kappa shape index (κ3) is 4.87. The minimum Gasteiger partial charge on any atom is -0.399 e. The molecule has 152 valence electrons. The number of halogens is 1. The monoisotopic (exact) mass is 403 g/mol. The van der Waals surface area contributed by atoms with Gasteiger partial charge >= 0.3 is 0 Å². The van der Waals surface area contributed by atoms with Crippen LogP contribution in [0.2, 0.25) is 5.04 Å². The van der Waals surface area contributed by atoms with Gasteiger partial charge in [0.1, 0.15) is 13.3 Å². The molecule has 4 nitrogen and oxygen atoms in total. The average molecular weight is 404 g/mol. The number of aliphatic hydroxyl groups excluding tert-OH is 1. The molecule has 0 radical (unpaired) electrons. The first-order chi connectivity index (χ1) is 13.1. The van der Waals surface area contributed by atoms with Gasteiger partial charge in [-0.2, -0.15) is 0 Å². The summed E-state index contributed by atoms with van der Waals surface area (Å²) in [5, 5.41) is 15.1. The molecule has 0 aliphatic carbocycles. The maximum atomic E-state index is 16.0. The molecule has 2 aromatic rings. The molecule has 0 bridgehead atoms. The quantitative estimate of drug-likeness (QED) is 0.416. The predicted octanol–water partition coefficient (Wildman–Crippen LogP) is 3.63. The fourth-order valence-electron chi connectivity index (χ4n) is 3.56. The van der Waals surface area contributed by atoms with Crippen LogP contribution in [0.3, 0.4) is 0 Å². The van der Waals surface area contributed by atoms with Crippen LogP contribution < -0.4 is 10.4 Å². The normalized spacial score (nSPS) is 16.0. The van der Waals surface area contributed by atoms with Crippen LogP contribution in [0.1, 0.15) is 34.1 Å². The molecule has 2 aromatic carbocycles. The summed E-state index contributed by atoms with van der Waals surface area (Å²) in [4.78, 5) is 4.71. The van der Waals surface area contributed by atoms with Gasteiger partial charge in [0.05, 0.1) is 6.10 Å². The van der Waals surface area contributed by atoms with Gasteiger partial charge in [0.25, 0.3) is 8.32 Å². The van der Waals surface area contributed by atoms with Crippen molar-refractivity contribution in [3.05, 3.63) is 60.7 Å². The van der Waals surface area contributed by atoms with Crippen LogP contribution in [0.5, 0.6) is 0 Å². The minimum absolute atomic E-state index is 0.246. The number of benzene rings is 2. The zero-order valence-electron chi connectivity index (χ0n) is 17.2. The summed E-state index contributed by atoms with van der Waals surface area (Å²) in [7, 11) is -1.79. The average Bonchev–Trinajstić information content (AvgIpc) is 2.64. The van der Waals surface area contributed by atoms with Gasteiger partial charge in [-0.15, -0.1) is 0 Å². The molecular formula is C22H30FNO3Si. The predicted molar refractivity (Wildman–Crippen MR) is 114 cm³/mol. The summed E-state index contributed by atoms with van der Waals surface area (Å²) in [5.41, 5.74) is 0. The second-order valence-corrected chi connectivity index (χ2v) is 12.2. The second-order valence-electron chi connectivity index (χ2n) is 8.02. The lowest BCUT2D eigenvalue weighted by atomic mass is 10.1. The number of hydrogen-bond acceptors (Lipinski definition) is 4. The van der Waals surface area contributed by atoms with Crippen LogP contribution in [0.15, 0.2) is 65.8 Å². The van der Waals surface area contributed by atoms with Gasteiger partial charge in [-0.3, -0.25) is 0 Å². The maximum Gasteiger partial charge on any atom is 0.265 e. The molecule has 0 aliphatic heterocycles. The first-order valence-electron chi connectivity index (χ1n) is 9.40. The topological polar surface area (TPSA) is 51.0 Å².